The van der Waals surface area contributed by atoms with Crippen molar-refractivity contribution < 1.29 is 0 Å². The van der Waals surface area contributed by atoms with Crippen LogP contribution in [0.1, 0.15) is 31.4 Å². The average Bonchev–Trinajstić information content (AvgIpc) is 2.35. The quantitative estimate of drug-likeness (QED) is 0.739. The number of hydrogen-bond donors (Lipinski definition) is 0. The highest BCUT2D eigenvalue weighted by Crippen LogP contribution is 2.31. The summed E-state index contributed by atoms with van der Waals surface area (Å²) in [6.07, 6.45) is 2.52. The molecule has 0 aliphatic carbocycles. The van der Waals surface area contributed by atoms with Crippen molar-refractivity contribution in [2.45, 2.75) is 25.8 Å². The molecule has 0 saturated carbocycles. The third kappa shape index (κ3) is 3.15. The van der Waals surface area contributed by atoms with Crippen LogP contribution < -0.4 is 0 Å². The minimum atomic E-state index is 0.262. The molecule has 2 rings (SSSR count). The molecule has 1 unspecified atom stereocenters. The molecule has 1 aliphatic heterocycles. The van der Waals surface area contributed by atoms with Crippen LogP contribution in [0.4, 0.5) is 0 Å². The van der Waals surface area contributed by atoms with E-state index in [0.717, 1.165) is 24.0 Å². The standard InChI is InChI=1S/C14H19Cl2N/c1-11-6-8-17(9-7-11)14(10-15)12-4-2-3-5-13(12)16/h2-5,11,14H,6-10H2,1H3. The number of alkyl halides is 1. The van der Waals surface area contributed by atoms with Crippen molar-refractivity contribution in [1.82, 2.24) is 4.90 Å². The molecule has 94 valence electrons. The van der Waals surface area contributed by atoms with Gasteiger partial charge in [-0.05, 0) is 43.5 Å². The van der Waals surface area contributed by atoms with Crippen molar-refractivity contribution in [3.8, 4) is 0 Å². The van der Waals surface area contributed by atoms with Gasteiger partial charge < -0.3 is 0 Å². The summed E-state index contributed by atoms with van der Waals surface area (Å²) in [4.78, 5) is 2.47. The smallest absolute Gasteiger partial charge is 0.0498 e. The highest BCUT2D eigenvalue weighted by molar-refractivity contribution is 6.31. The Balaban J connectivity index is 2.14. The first kappa shape index (κ1) is 13.2. The van der Waals surface area contributed by atoms with Gasteiger partial charge in [0.2, 0.25) is 0 Å². The average molecular weight is 272 g/mol. The van der Waals surface area contributed by atoms with Crippen LogP contribution >= 0.6 is 23.2 Å². The third-order valence-corrected chi connectivity index (χ3v) is 4.31. The van der Waals surface area contributed by atoms with Gasteiger partial charge in [0.1, 0.15) is 0 Å². The van der Waals surface area contributed by atoms with Crippen LogP contribution in [0.25, 0.3) is 0 Å². The molecule has 1 heterocycles. The lowest BCUT2D eigenvalue weighted by molar-refractivity contribution is 0.149. The van der Waals surface area contributed by atoms with E-state index in [2.05, 4.69) is 17.9 Å². The zero-order valence-corrected chi connectivity index (χ0v) is 11.7. The third-order valence-electron chi connectivity index (χ3n) is 3.67. The molecule has 1 fully saturated rings. The summed E-state index contributed by atoms with van der Waals surface area (Å²) in [5.74, 6) is 1.45. The molecular weight excluding hydrogens is 253 g/mol. The molecule has 1 nitrogen and oxygen atoms in total. The maximum atomic E-state index is 6.26. The Kier molecular flexibility index (Phi) is 4.72. The van der Waals surface area contributed by atoms with Gasteiger partial charge in [-0.15, -0.1) is 11.6 Å². The second-order valence-electron chi connectivity index (χ2n) is 4.91. The van der Waals surface area contributed by atoms with Gasteiger partial charge >= 0.3 is 0 Å². The molecule has 1 aliphatic rings. The zero-order chi connectivity index (χ0) is 12.3. The van der Waals surface area contributed by atoms with E-state index >= 15 is 0 Å². The maximum Gasteiger partial charge on any atom is 0.0498 e. The Hall–Kier alpha value is -0.240. The van der Waals surface area contributed by atoms with Gasteiger partial charge in [0.25, 0.3) is 0 Å². The van der Waals surface area contributed by atoms with Crippen molar-refractivity contribution in [3.05, 3.63) is 34.9 Å². The lowest BCUT2D eigenvalue weighted by Gasteiger charge is -2.36. The molecule has 0 N–H and O–H groups in total. The van der Waals surface area contributed by atoms with E-state index in [-0.39, 0.29) is 6.04 Å². The van der Waals surface area contributed by atoms with E-state index < -0.39 is 0 Å². The Morgan fingerprint density at radius 2 is 1.94 bits per heavy atom. The van der Waals surface area contributed by atoms with Crippen molar-refractivity contribution in [2.75, 3.05) is 19.0 Å². The molecular formula is C14H19Cl2N. The molecule has 17 heavy (non-hydrogen) atoms. The summed E-state index contributed by atoms with van der Waals surface area (Å²) < 4.78 is 0. The first-order valence-electron chi connectivity index (χ1n) is 6.27. The van der Waals surface area contributed by atoms with Gasteiger partial charge in [-0.1, -0.05) is 36.7 Å². The van der Waals surface area contributed by atoms with Crippen LogP contribution in [0.5, 0.6) is 0 Å². The monoisotopic (exact) mass is 271 g/mol. The summed E-state index contributed by atoms with van der Waals surface area (Å²) in [6.45, 7) is 4.58. The van der Waals surface area contributed by atoms with Gasteiger partial charge in [0, 0.05) is 16.9 Å². The van der Waals surface area contributed by atoms with Gasteiger partial charge in [-0.2, -0.15) is 0 Å². The van der Waals surface area contributed by atoms with E-state index in [1.165, 1.54) is 18.4 Å². The van der Waals surface area contributed by atoms with Crippen molar-refractivity contribution in [1.29, 1.82) is 0 Å². The Morgan fingerprint density at radius 1 is 1.29 bits per heavy atom. The lowest BCUT2D eigenvalue weighted by Crippen LogP contribution is -2.37. The predicted octanol–water partition coefficient (Wildman–Crippen LogP) is 4.35. The van der Waals surface area contributed by atoms with Gasteiger partial charge in [0.15, 0.2) is 0 Å². The van der Waals surface area contributed by atoms with Gasteiger partial charge in [-0.25, -0.2) is 0 Å². The maximum absolute atomic E-state index is 6.26. The van der Waals surface area contributed by atoms with Crippen molar-refractivity contribution in [3.63, 3.8) is 0 Å². The molecule has 0 spiro atoms. The second kappa shape index (κ2) is 6.08. The summed E-state index contributed by atoms with van der Waals surface area (Å²) in [5.41, 5.74) is 1.17. The van der Waals surface area contributed by atoms with Gasteiger partial charge in [-0.3, -0.25) is 4.90 Å². The van der Waals surface area contributed by atoms with Crippen molar-refractivity contribution >= 4 is 23.2 Å². The number of benzene rings is 1. The van der Waals surface area contributed by atoms with Crippen LogP contribution in [-0.2, 0) is 0 Å². The molecule has 1 saturated heterocycles. The summed E-state index contributed by atoms with van der Waals surface area (Å²) in [5, 5.41) is 0.830. The fourth-order valence-corrected chi connectivity index (χ4v) is 3.09. The fourth-order valence-electron chi connectivity index (χ4n) is 2.46. The molecule has 0 radical (unpaired) electrons. The number of halogens is 2. The normalized spacial score (nSPS) is 20.4. The van der Waals surface area contributed by atoms with Gasteiger partial charge in [0.05, 0.1) is 0 Å². The second-order valence-corrected chi connectivity index (χ2v) is 5.63. The van der Waals surface area contributed by atoms with Crippen molar-refractivity contribution in [2.24, 2.45) is 5.92 Å². The number of nitrogens with zero attached hydrogens (tertiary/aromatic N) is 1. The van der Waals surface area contributed by atoms with Crippen LogP contribution in [0.15, 0.2) is 24.3 Å². The summed E-state index contributed by atoms with van der Waals surface area (Å²) in [7, 11) is 0. The lowest BCUT2D eigenvalue weighted by atomic mass is 9.96. The highest BCUT2D eigenvalue weighted by Gasteiger charge is 2.25. The van der Waals surface area contributed by atoms with Crippen LogP contribution in [0, 0.1) is 5.92 Å². The van der Waals surface area contributed by atoms with Crippen LogP contribution in [0.3, 0.4) is 0 Å². The van der Waals surface area contributed by atoms with E-state index in [1.807, 2.05) is 18.2 Å². The largest absolute Gasteiger partial charge is 0.295 e. The van der Waals surface area contributed by atoms with Crippen LogP contribution in [0.2, 0.25) is 5.02 Å². The molecule has 0 amide bonds. The number of likely N-dealkylation sites (tertiary alicyclic amines) is 1. The SMILES string of the molecule is CC1CCN(C(CCl)c2ccccc2Cl)CC1. The molecule has 3 heteroatoms. The van der Waals surface area contributed by atoms with E-state index in [9.17, 15) is 0 Å². The summed E-state index contributed by atoms with van der Waals surface area (Å²) >= 11 is 12.4. The molecule has 1 aromatic carbocycles. The van der Waals surface area contributed by atoms with Crippen LogP contribution in [-0.4, -0.2) is 23.9 Å². The molecule has 1 atom stereocenters. The zero-order valence-electron chi connectivity index (χ0n) is 10.2. The first-order chi connectivity index (χ1) is 8.22. The molecule has 1 aromatic rings. The first-order valence-corrected chi connectivity index (χ1v) is 7.18. The number of rotatable bonds is 3. The Labute approximate surface area is 114 Å². The summed E-state index contributed by atoms with van der Waals surface area (Å²) in [6, 6.07) is 8.30. The minimum Gasteiger partial charge on any atom is -0.295 e. The van der Waals surface area contributed by atoms with E-state index in [4.69, 9.17) is 23.2 Å². The molecule has 0 aromatic heterocycles. The number of hydrogen-bond acceptors (Lipinski definition) is 1. The Bertz CT molecular complexity index is 359. The van der Waals surface area contributed by atoms with E-state index in [1.54, 1.807) is 0 Å². The topological polar surface area (TPSA) is 3.24 Å². The fraction of sp³-hybridized carbons (Fsp3) is 0.571. The van der Waals surface area contributed by atoms with E-state index in [0.29, 0.717) is 5.88 Å². The highest BCUT2D eigenvalue weighted by atomic mass is 35.5. The molecule has 0 bridgehead atoms. The Morgan fingerprint density at radius 3 is 2.53 bits per heavy atom. The number of piperidine rings is 1. The predicted molar refractivity (Wildman–Crippen MR) is 74.9 cm³/mol. The minimum absolute atomic E-state index is 0.262.